The molecule has 0 aliphatic carbocycles. The van der Waals surface area contributed by atoms with Crippen LogP contribution in [0.4, 0.5) is 5.69 Å². The Kier molecular flexibility index (Phi) is 5.24. The maximum Gasteiger partial charge on any atom is 0.255 e. The first kappa shape index (κ1) is 14.7. The van der Waals surface area contributed by atoms with Gasteiger partial charge in [0.25, 0.3) is 5.91 Å². The van der Waals surface area contributed by atoms with E-state index in [0.29, 0.717) is 10.8 Å². The van der Waals surface area contributed by atoms with Crippen LogP contribution in [0.15, 0.2) is 59.5 Å². The third-order valence-corrected chi connectivity index (χ3v) is 4.34. The highest BCUT2D eigenvalue weighted by atomic mass is 32.2. The van der Waals surface area contributed by atoms with Crippen LogP contribution in [-0.4, -0.2) is 11.2 Å². The van der Waals surface area contributed by atoms with Crippen molar-refractivity contribution in [1.29, 1.82) is 0 Å². The Hall–Kier alpha value is -1.74. The summed E-state index contributed by atoms with van der Waals surface area (Å²) in [6.07, 6.45) is 1.14. The quantitative estimate of drug-likeness (QED) is 0.777. The Morgan fingerprint density at radius 3 is 2.40 bits per heavy atom. The number of hydrogen-bond donors (Lipinski definition) is 1. The fourth-order valence-corrected chi connectivity index (χ4v) is 2.65. The fourth-order valence-electron chi connectivity index (χ4n) is 1.73. The van der Waals surface area contributed by atoms with Gasteiger partial charge < -0.3 is 5.32 Å². The van der Waals surface area contributed by atoms with E-state index in [1.807, 2.05) is 66.4 Å². The summed E-state index contributed by atoms with van der Waals surface area (Å²) in [6, 6.07) is 17.3. The van der Waals surface area contributed by atoms with Crippen molar-refractivity contribution in [2.24, 2.45) is 0 Å². The molecular weight excluding hydrogens is 266 g/mol. The van der Waals surface area contributed by atoms with Crippen LogP contribution in [0, 0.1) is 0 Å². The van der Waals surface area contributed by atoms with Gasteiger partial charge in [-0.3, -0.25) is 4.79 Å². The Labute approximate surface area is 126 Å². The molecule has 0 heterocycles. The molecule has 0 saturated heterocycles. The summed E-state index contributed by atoms with van der Waals surface area (Å²) in [5.41, 5.74) is 1.50. The van der Waals surface area contributed by atoms with Crippen LogP contribution < -0.4 is 5.32 Å². The van der Waals surface area contributed by atoms with E-state index < -0.39 is 0 Å². The number of thioether (sulfide) groups is 1. The van der Waals surface area contributed by atoms with Gasteiger partial charge in [-0.1, -0.05) is 32.0 Å². The number of carbonyl (C=O) groups excluding carboxylic acids is 1. The number of nitrogens with one attached hydrogen (secondary N) is 1. The molecule has 2 nitrogen and oxygen atoms in total. The average molecular weight is 287 g/mol. The molecule has 1 amide bonds. The largest absolute Gasteiger partial charge is 0.322 e. The van der Waals surface area contributed by atoms with E-state index in [1.54, 1.807) is 0 Å². The lowest BCUT2D eigenvalue weighted by atomic mass is 10.2. The summed E-state index contributed by atoms with van der Waals surface area (Å²) in [5, 5.41) is 3.48. The van der Waals surface area contributed by atoms with Gasteiger partial charge >= 0.3 is 0 Å². The zero-order chi connectivity index (χ0) is 14.4. The maximum absolute atomic E-state index is 12.1. The third-order valence-electron chi connectivity index (χ3n) is 3.06. The van der Waals surface area contributed by atoms with E-state index >= 15 is 0 Å². The fraction of sp³-hybridized carbons (Fsp3) is 0.235. The van der Waals surface area contributed by atoms with Gasteiger partial charge in [-0.25, -0.2) is 0 Å². The van der Waals surface area contributed by atoms with Crippen molar-refractivity contribution in [3.63, 3.8) is 0 Å². The maximum atomic E-state index is 12.1. The van der Waals surface area contributed by atoms with Crippen molar-refractivity contribution >= 4 is 23.4 Å². The molecule has 0 aliphatic heterocycles. The Balaban J connectivity index is 0.00000220. The third kappa shape index (κ3) is 4.14. The van der Waals surface area contributed by atoms with Gasteiger partial charge in [0, 0.05) is 22.8 Å². The predicted octanol–water partition coefficient (Wildman–Crippen LogP) is 5.08. The monoisotopic (exact) mass is 287 g/mol. The first-order valence-corrected chi connectivity index (χ1v) is 7.70. The van der Waals surface area contributed by atoms with Crippen LogP contribution in [0.5, 0.6) is 0 Å². The lowest BCUT2D eigenvalue weighted by Crippen LogP contribution is -2.11. The predicted molar refractivity (Wildman–Crippen MR) is 88.6 cm³/mol. The molecule has 0 aromatic heterocycles. The van der Waals surface area contributed by atoms with Gasteiger partial charge in [0.05, 0.1) is 0 Å². The van der Waals surface area contributed by atoms with Crippen LogP contribution in [-0.2, 0) is 0 Å². The minimum absolute atomic E-state index is 0. The first-order valence-electron chi connectivity index (χ1n) is 6.82. The molecule has 20 heavy (non-hydrogen) atoms. The number of benzene rings is 2. The molecule has 0 bridgehead atoms. The first-order chi connectivity index (χ1) is 9.69. The van der Waals surface area contributed by atoms with Crippen LogP contribution in [0.3, 0.4) is 0 Å². The lowest BCUT2D eigenvalue weighted by Gasteiger charge is -2.09. The summed E-state index contributed by atoms with van der Waals surface area (Å²) in [7, 11) is 0. The molecule has 3 heteroatoms. The van der Waals surface area contributed by atoms with Crippen molar-refractivity contribution in [2.75, 3.05) is 5.32 Å². The van der Waals surface area contributed by atoms with Crippen molar-refractivity contribution in [1.82, 2.24) is 0 Å². The molecular formula is C17H21NOS. The second kappa shape index (κ2) is 7.15. The van der Waals surface area contributed by atoms with Crippen LogP contribution >= 0.6 is 11.8 Å². The van der Waals surface area contributed by atoms with Crippen molar-refractivity contribution in [3.05, 3.63) is 60.2 Å². The van der Waals surface area contributed by atoms with Crippen molar-refractivity contribution in [2.45, 2.75) is 30.4 Å². The molecule has 0 spiro atoms. The second-order valence-corrected chi connectivity index (χ2v) is 6.19. The van der Waals surface area contributed by atoms with E-state index in [4.69, 9.17) is 0 Å². The molecule has 2 aromatic rings. The normalized spacial score (nSPS) is 11.9. The van der Waals surface area contributed by atoms with Gasteiger partial charge in [-0.2, -0.15) is 0 Å². The standard InChI is InChI=1S/C17H19NOS.H2/c1-3-13(2)20-16-11-9-14(10-12-16)17(19)18-15-7-5-4-6-8-15;/h4-13H,3H2,1-2H3,(H,18,19);1H. The van der Waals surface area contributed by atoms with Gasteiger partial charge in [0.1, 0.15) is 0 Å². The highest BCUT2D eigenvalue weighted by molar-refractivity contribution is 7.99. The molecule has 2 aromatic carbocycles. The molecule has 2 rings (SSSR count). The van der Waals surface area contributed by atoms with Crippen LogP contribution in [0.25, 0.3) is 0 Å². The minimum atomic E-state index is -0.0729. The van der Waals surface area contributed by atoms with Gasteiger partial charge in [-0.15, -0.1) is 11.8 Å². The van der Waals surface area contributed by atoms with Crippen LogP contribution in [0.1, 0.15) is 32.1 Å². The Morgan fingerprint density at radius 2 is 1.80 bits per heavy atom. The molecule has 1 atom stereocenters. The number of para-hydroxylation sites is 1. The van der Waals surface area contributed by atoms with Gasteiger partial charge in [-0.05, 0) is 42.8 Å². The zero-order valence-electron chi connectivity index (χ0n) is 11.8. The highest BCUT2D eigenvalue weighted by Crippen LogP contribution is 2.25. The molecule has 0 fully saturated rings. The smallest absolute Gasteiger partial charge is 0.255 e. The summed E-state index contributed by atoms with van der Waals surface area (Å²) in [4.78, 5) is 13.3. The number of amides is 1. The molecule has 106 valence electrons. The number of rotatable bonds is 5. The van der Waals surface area contributed by atoms with Crippen molar-refractivity contribution in [3.8, 4) is 0 Å². The van der Waals surface area contributed by atoms with Gasteiger partial charge in [0.15, 0.2) is 0 Å². The number of carbonyl (C=O) groups is 1. The van der Waals surface area contributed by atoms with E-state index in [-0.39, 0.29) is 7.33 Å². The Bertz CT molecular complexity index is 557. The summed E-state index contributed by atoms with van der Waals surface area (Å²) >= 11 is 1.84. The highest BCUT2D eigenvalue weighted by Gasteiger charge is 2.07. The SMILES string of the molecule is CCC(C)Sc1ccc(C(=O)Nc2ccccc2)cc1.[HH]. The molecule has 1 N–H and O–H groups in total. The zero-order valence-corrected chi connectivity index (χ0v) is 12.6. The average Bonchev–Trinajstić information content (AvgIpc) is 2.49. The molecule has 0 saturated carbocycles. The van der Waals surface area contributed by atoms with Gasteiger partial charge in [0.2, 0.25) is 0 Å². The number of hydrogen-bond acceptors (Lipinski definition) is 2. The molecule has 0 aliphatic rings. The van der Waals surface area contributed by atoms with E-state index in [2.05, 4.69) is 19.2 Å². The number of anilines is 1. The van der Waals surface area contributed by atoms with Crippen LogP contribution in [0.2, 0.25) is 0 Å². The molecule has 1 unspecified atom stereocenters. The second-order valence-electron chi connectivity index (χ2n) is 4.68. The summed E-state index contributed by atoms with van der Waals surface area (Å²) < 4.78 is 0. The summed E-state index contributed by atoms with van der Waals surface area (Å²) in [6.45, 7) is 4.39. The van der Waals surface area contributed by atoms with E-state index in [9.17, 15) is 4.79 Å². The topological polar surface area (TPSA) is 29.1 Å². The molecule has 0 radical (unpaired) electrons. The van der Waals surface area contributed by atoms with E-state index in [0.717, 1.165) is 12.1 Å². The summed E-state index contributed by atoms with van der Waals surface area (Å²) in [5.74, 6) is -0.0729. The Morgan fingerprint density at radius 1 is 1.15 bits per heavy atom. The van der Waals surface area contributed by atoms with E-state index in [1.165, 1.54) is 4.90 Å². The lowest BCUT2D eigenvalue weighted by molar-refractivity contribution is 0.102. The van der Waals surface area contributed by atoms with Crippen molar-refractivity contribution < 1.29 is 6.22 Å². The minimum Gasteiger partial charge on any atom is -0.322 e.